The summed E-state index contributed by atoms with van der Waals surface area (Å²) in [5.74, 6) is -1.03. The van der Waals surface area contributed by atoms with E-state index in [4.69, 9.17) is 4.74 Å². The van der Waals surface area contributed by atoms with Gasteiger partial charge in [0.2, 0.25) is 11.8 Å². The molecule has 2 fully saturated rings. The van der Waals surface area contributed by atoms with Gasteiger partial charge in [0.05, 0.1) is 30.6 Å². The average molecular weight is 437 g/mol. The zero-order valence-electron chi connectivity index (χ0n) is 17.6. The SMILES string of the molecule is COC(=O)C(Cc1cn(-c2ccc3c(c2)CN(C2CCC(=O)NC2=O)C3=O)nn1)C1CC1. The lowest BCUT2D eigenvalue weighted by molar-refractivity contribution is -0.146. The number of esters is 1. The maximum absolute atomic E-state index is 12.8. The van der Waals surface area contributed by atoms with Crippen molar-refractivity contribution in [3.8, 4) is 5.69 Å². The Kier molecular flexibility index (Phi) is 4.99. The number of imide groups is 1. The van der Waals surface area contributed by atoms with E-state index in [0.717, 1.165) is 24.1 Å². The molecule has 1 N–H and O–H groups in total. The second-order valence-electron chi connectivity index (χ2n) is 8.57. The van der Waals surface area contributed by atoms with E-state index in [-0.39, 0.29) is 30.1 Å². The minimum Gasteiger partial charge on any atom is -0.469 e. The predicted molar refractivity (Wildman–Crippen MR) is 109 cm³/mol. The summed E-state index contributed by atoms with van der Waals surface area (Å²) in [5.41, 5.74) is 2.77. The van der Waals surface area contributed by atoms with Gasteiger partial charge in [-0.1, -0.05) is 5.21 Å². The van der Waals surface area contributed by atoms with Crippen LogP contribution in [-0.2, 0) is 32.1 Å². The van der Waals surface area contributed by atoms with Gasteiger partial charge in [0, 0.05) is 24.9 Å². The largest absolute Gasteiger partial charge is 0.469 e. The molecule has 32 heavy (non-hydrogen) atoms. The van der Waals surface area contributed by atoms with Crippen LogP contribution in [0, 0.1) is 11.8 Å². The van der Waals surface area contributed by atoms with Gasteiger partial charge in [-0.15, -0.1) is 5.10 Å². The molecule has 1 aromatic heterocycles. The lowest BCUT2D eigenvalue weighted by atomic mass is 9.98. The molecule has 2 aromatic rings. The maximum atomic E-state index is 12.8. The second-order valence-corrected chi connectivity index (χ2v) is 8.57. The van der Waals surface area contributed by atoms with Crippen molar-refractivity contribution < 1.29 is 23.9 Å². The van der Waals surface area contributed by atoms with Crippen LogP contribution < -0.4 is 5.32 Å². The summed E-state index contributed by atoms with van der Waals surface area (Å²) in [7, 11) is 1.40. The Balaban J connectivity index is 1.33. The molecule has 3 heterocycles. The van der Waals surface area contributed by atoms with E-state index in [1.54, 1.807) is 23.0 Å². The first-order valence-corrected chi connectivity index (χ1v) is 10.7. The van der Waals surface area contributed by atoms with Crippen molar-refractivity contribution in [1.29, 1.82) is 0 Å². The molecule has 1 aliphatic carbocycles. The Morgan fingerprint density at radius 3 is 2.78 bits per heavy atom. The van der Waals surface area contributed by atoms with Crippen LogP contribution in [0.15, 0.2) is 24.4 Å². The number of nitrogens with zero attached hydrogens (tertiary/aromatic N) is 4. The van der Waals surface area contributed by atoms with Crippen molar-refractivity contribution in [2.24, 2.45) is 11.8 Å². The van der Waals surface area contributed by atoms with Crippen molar-refractivity contribution in [3.05, 3.63) is 41.2 Å². The fourth-order valence-corrected chi connectivity index (χ4v) is 4.54. The number of hydrogen-bond acceptors (Lipinski definition) is 7. The Bertz CT molecular complexity index is 1120. The molecule has 2 unspecified atom stereocenters. The van der Waals surface area contributed by atoms with E-state index in [1.165, 1.54) is 12.0 Å². The van der Waals surface area contributed by atoms with Crippen LogP contribution in [0.2, 0.25) is 0 Å². The zero-order valence-corrected chi connectivity index (χ0v) is 17.6. The fraction of sp³-hybridized carbons (Fsp3) is 0.455. The number of aromatic nitrogens is 3. The van der Waals surface area contributed by atoms with Gasteiger partial charge in [-0.2, -0.15) is 0 Å². The molecular formula is C22H23N5O5. The Hall–Kier alpha value is -3.56. The molecule has 0 bridgehead atoms. The summed E-state index contributed by atoms with van der Waals surface area (Å²) in [6.45, 7) is 0.294. The number of rotatable bonds is 6. The summed E-state index contributed by atoms with van der Waals surface area (Å²) < 4.78 is 6.55. The molecule has 1 saturated heterocycles. The highest BCUT2D eigenvalue weighted by atomic mass is 16.5. The van der Waals surface area contributed by atoms with Crippen molar-refractivity contribution >= 4 is 23.7 Å². The summed E-state index contributed by atoms with van der Waals surface area (Å²) in [6.07, 6.45) is 4.86. The zero-order chi connectivity index (χ0) is 22.4. The van der Waals surface area contributed by atoms with Gasteiger partial charge in [-0.25, -0.2) is 4.68 Å². The molecule has 10 heteroatoms. The number of piperidine rings is 1. The number of carbonyl (C=O) groups is 4. The third-order valence-electron chi connectivity index (χ3n) is 6.44. The minimum absolute atomic E-state index is 0.204. The number of nitrogens with one attached hydrogen (secondary N) is 1. The molecule has 3 amide bonds. The first kappa shape index (κ1) is 20.3. The molecule has 0 spiro atoms. The highest BCUT2D eigenvalue weighted by Gasteiger charge is 2.39. The van der Waals surface area contributed by atoms with E-state index in [0.29, 0.717) is 36.6 Å². The van der Waals surface area contributed by atoms with E-state index in [1.807, 2.05) is 6.07 Å². The molecule has 1 aromatic carbocycles. The molecule has 166 valence electrons. The first-order chi connectivity index (χ1) is 15.4. The van der Waals surface area contributed by atoms with Crippen LogP contribution in [0.1, 0.15) is 47.3 Å². The third kappa shape index (κ3) is 3.65. The first-order valence-electron chi connectivity index (χ1n) is 10.7. The van der Waals surface area contributed by atoms with E-state index in [2.05, 4.69) is 15.6 Å². The summed E-state index contributed by atoms with van der Waals surface area (Å²) >= 11 is 0. The summed E-state index contributed by atoms with van der Waals surface area (Å²) in [6, 6.07) is 4.71. The smallest absolute Gasteiger partial charge is 0.309 e. The van der Waals surface area contributed by atoms with Crippen LogP contribution in [0.5, 0.6) is 0 Å². The van der Waals surface area contributed by atoms with Crippen molar-refractivity contribution in [2.45, 2.75) is 44.7 Å². The predicted octanol–water partition coefficient (Wildman–Crippen LogP) is 0.770. The van der Waals surface area contributed by atoms with Crippen LogP contribution in [0.25, 0.3) is 5.69 Å². The monoisotopic (exact) mass is 437 g/mol. The number of amides is 3. The van der Waals surface area contributed by atoms with Gasteiger partial charge >= 0.3 is 5.97 Å². The van der Waals surface area contributed by atoms with E-state index in [9.17, 15) is 19.2 Å². The molecule has 2 aliphatic heterocycles. The molecule has 2 atom stereocenters. The van der Waals surface area contributed by atoms with Gasteiger partial charge < -0.3 is 9.64 Å². The second kappa shape index (κ2) is 7.85. The van der Waals surface area contributed by atoms with Crippen molar-refractivity contribution in [3.63, 3.8) is 0 Å². The normalized spacial score (nSPS) is 21.3. The lowest BCUT2D eigenvalue weighted by Gasteiger charge is -2.29. The van der Waals surface area contributed by atoms with Crippen LogP contribution >= 0.6 is 0 Å². The van der Waals surface area contributed by atoms with Gasteiger partial charge in [-0.05, 0) is 48.9 Å². The van der Waals surface area contributed by atoms with Crippen LogP contribution in [0.3, 0.4) is 0 Å². The number of hydrogen-bond donors (Lipinski definition) is 1. The number of carbonyl (C=O) groups excluding carboxylic acids is 4. The summed E-state index contributed by atoms with van der Waals surface area (Å²) in [4.78, 5) is 50.1. The Labute approximate surface area is 183 Å². The number of fused-ring (bicyclic) bond motifs is 1. The number of methoxy groups -OCH3 is 1. The van der Waals surface area contributed by atoms with Crippen molar-refractivity contribution in [2.75, 3.05) is 7.11 Å². The average Bonchev–Trinajstić information content (AvgIpc) is 3.43. The number of benzene rings is 1. The molecular weight excluding hydrogens is 414 g/mol. The molecule has 3 aliphatic rings. The Morgan fingerprint density at radius 1 is 1.25 bits per heavy atom. The minimum atomic E-state index is -0.647. The van der Waals surface area contributed by atoms with Crippen LogP contribution in [0.4, 0.5) is 0 Å². The van der Waals surface area contributed by atoms with E-state index >= 15 is 0 Å². The highest BCUT2D eigenvalue weighted by Crippen LogP contribution is 2.39. The lowest BCUT2D eigenvalue weighted by Crippen LogP contribution is -2.52. The highest BCUT2D eigenvalue weighted by molar-refractivity contribution is 6.05. The van der Waals surface area contributed by atoms with Gasteiger partial charge in [0.1, 0.15) is 6.04 Å². The van der Waals surface area contributed by atoms with Gasteiger partial charge in [0.15, 0.2) is 0 Å². The third-order valence-corrected chi connectivity index (χ3v) is 6.44. The van der Waals surface area contributed by atoms with Gasteiger partial charge in [-0.3, -0.25) is 24.5 Å². The standard InChI is InChI=1S/C22H23N5O5/c1-32-22(31)17(12-2-3-12)9-14-11-27(25-24-14)15-4-5-16-13(8-15)10-26(21(16)30)18-6-7-19(28)23-20(18)29/h4-5,8,11-12,17-18H,2-3,6-7,9-10H2,1H3,(H,23,28,29). The quantitative estimate of drug-likeness (QED) is 0.523. The molecule has 0 radical (unpaired) electrons. The maximum Gasteiger partial charge on any atom is 0.309 e. The molecule has 10 nitrogen and oxygen atoms in total. The van der Waals surface area contributed by atoms with Crippen LogP contribution in [-0.4, -0.2) is 56.7 Å². The molecule has 1 saturated carbocycles. The van der Waals surface area contributed by atoms with Crippen molar-refractivity contribution in [1.82, 2.24) is 25.2 Å². The number of ether oxygens (including phenoxy) is 1. The summed E-state index contributed by atoms with van der Waals surface area (Å²) in [5, 5.41) is 10.7. The molecule has 5 rings (SSSR count). The fourth-order valence-electron chi connectivity index (χ4n) is 4.54. The topological polar surface area (TPSA) is 123 Å². The van der Waals surface area contributed by atoms with Gasteiger partial charge in [0.25, 0.3) is 5.91 Å². The van der Waals surface area contributed by atoms with E-state index < -0.39 is 11.9 Å². The Morgan fingerprint density at radius 2 is 2.06 bits per heavy atom.